The van der Waals surface area contributed by atoms with Crippen LogP contribution in [0.4, 0.5) is 5.69 Å². The first-order valence-corrected chi connectivity index (χ1v) is 6.64. The van der Waals surface area contributed by atoms with Crippen LogP contribution in [0, 0.1) is 0 Å². The summed E-state index contributed by atoms with van der Waals surface area (Å²) in [6.45, 7) is 5.70. The van der Waals surface area contributed by atoms with Gasteiger partial charge in [-0.2, -0.15) is 0 Å². The number of methoxy groups -OCH3 is 1. The van der Waals surface area contributed by atoms with Gasteiger partial charge in [0.2, 0.25) is 0 Å². The van der Waals surface area contributed by atoms with Crippen molar-refractivity contribution in [1.82, 2.24) is 4.90 Å². The van der Waals surface area contributed by atoms with Crippen molar-refractivity contribution in [1.29, 1.82) is 0 Å². The molecule has 0 heterocycles. The number of hydrogen-bond donors (Lipinski definition) is 2. The van der Waals surface area contributed by atoms with Gasteiger partial charge in [0.1, 0.15) is 5.75 Å². The number of carbonyl (C=O) groups excluding carboxylic acids is 1. The number of rotatable bonds is 5. The zero-order valence-electron chi connectivity index (χ0n) is 12.8. The Kier molecular flexibility index (Phi) is 5.18. The summed E-state index contributed by atoms with van der Waals surface area (Å²) >= 11 is 0. The molecule has 1 amide bonds. The second kappa shape index (κ2) is 6.47. The van der Waals surface area contributed by atoms with E-state index in [2.05, 4.69) is 0 Å². The van der Waals surface area contributed by atoms with Crippen molar-refractivity contribution < 1.29 is 19.4 Å². The van der Waals surface area contributed by atoms with Gasteiger partial charge < -0.3 is 20.5 Å². The number of benzene rings is 1. The van der Waals surface area contributed by atoms with Gasteiger partial charge in [0, 0.05) is 23.8 Å². The predicted octanol–water partition coefficient (Wildman–Crippen LogP) is 1.99. The number of aliphatic carboxylic acids is 1. The van der Waals surface area contributed by atoms with E-state index in [0.717, 1.165) is 0 Å². The lowest BCUT2D eigenvalue weighted by molar-refractivity contribution is -0.137. The topological polar surface area (TPSA) is 92.9 Å². The highest BCUT2D eigenvalue weighted by atomic mass is 16.5. The minimum atomic E-state index is -0.943. The van der Waals surface area contributed by atoms with E-state index in [0.29, 0.717) is 17.0 Å². The minimum Gasteiger partial charge on any atom is -0.496 e. The van der Waals surface area contributed by atoms with Crippen LogP contribution in [0.5, 0.6) is 5.75 Å². The van der Waals surface area contributed by atoms with Crippen molar-refractivity contribution >= 4 is 17.6 Å². The zero-order chi connectivity index (χ0) is 16.2. The monoisotopic (exact) mass is 294 g/mol. The summed E-state index contributed by atoms with van der Waals surface area (Å²) in [5, 5.41) is 8.84. The molecular formula is C15H22N2O4. The third-order valence-corrected chi connectivity index (χ3v) is 3.06. The average Bonchev–Trinajstić information content (AvgIpc) is 2.36. The number of carboxylic acid groups (broad SMARTS) is 1. The molecule has 0 aliphatic rings. The maximum Gasteiger partial charge on any atom is 0.305 e. The van der Waals surface area contributed by atoms with Crippen LogP contribution < -0.4 is 10.5 Å². The van der Waals surface area contributed by atoms with E-state index < -0.39 is 11.5 Å². The molecule has 0 atom stereocenters. The molecule has 0 aliphatic heterocycles. The second-order valence-electron chi connectivity index (χ2n) is 5.73. The number of carboxylic acids is 1. The molecule has 0 saturated carbocycles. The molecule has 3 N–H and O–H groups in total. The Labute approximate surface area is 124 Å². The molecule has 21 heavy (non-hydrogen) atoms. The van der Waals surface area contributed by atoms with Gasteiger partial charge in [0.25, 0.3) is 5.91 Å². The van der Waals surface area contributed by atoms with Crippen LogP contribution in [0.2, 0.25) is 0 Å². The van der Waals surface area contributed by atoms with Crippen molar-refractivity contribution in [2.24, 2.45) is 0 Å². The van der Waals surface area contributed by atoms with Crippen LogP contribution in [-0.4, -0.2) is 41.1 Å². The van der Waals surface area contributed by atoms with Gasteiger partial charge in [-0.25, -0.2) is 0 Å². The molecule has 1 aromatic carbocycles. The maximum absolute atomic E-state index is 12.7. The fraction of sp³-hybridized carbons (Fsp3) is 0.467. The van der Waals surface area contributed by atoms with Crippen molar-refractivity contribution in [2.75, 3.05) is 19.4 Å². The van der Waals surface area contributed by atoms with Crippen molar-refractivity contribution in [3.05, 3.63) is 23.8 Å². The summed E-state index contributed by atoms with van der Waals surface area (Å²) in [5.74, 6) is -0.841. The van der Waals surface area contributed by atoms with E-state index >= 15 is 0 Å². The Morgan fingerprint density at radius 3 is 2.43 bits per heavy atom. The van der Waals surface area contributed by atoms with Gasteiger partial charge in [-0.05, 0) is 32.9 Å². The van der Waals surface area contributed by atoms with Crippen molar-refractivity contribution in [3.63, 3.8) is 0 Å². The molecule has 0 aliphatic carbocycles. The number of anilines is 1. The molecule has 1 aromatic rings. The number of amides is 1. The molecule has 1 rings (SSSR count). The van der Waals surface area contributed by atoms with Gasteiger partial charge in [-0.15, -0.1) is 0 Å². The van der Waals surface area contributed by atoms with Gasteiger partial charge in [0.15, 0.2) is 0 Å². The molecule has 116 valence electrons. The van der Waals surface area contributed by atoms with Gasteiger partial charge in [0.05, 0.1) is 19.1 Å². The van der Waals surface area contributed by atoms with Crippen molar-refractivity contribution in [3.8, 4) is 5.75 Å². The quantitative estimate of drug-likeness (QED) is 0.810. The minimum absolute atomic E-state index is 0.111. The normalized spacial score (nSPS) is 11.0. The Balaban J connectivity index is 3.13. The zero-order valence-corrected chi connectivity index (χ0v) is 12.8. The Bertz CT molecular complexity index is 535. The Morgan fingerprint density at radius 2 is 1.95 bits per heavy atom. The Hall–Kier alpha value is -2.24. The van der Waals surface area contributed by atoms with Gasteiger partial charge in [-0.3, -0.25) is 9.59 Å². The van der Waals surface area contributed by atoms with E-state index in [9.17, 15) is 9.59 Å². The van der Waals surface area contributed by atoms with E-state index in [1.54, 1.807) is 18.2 Å². The van der Waals surface area contributed by atoms with Crippen LogP contribution in [0.25, 0.3) is 0 Å². The number of carbonyl (C=O) groups is 2. The number of nitrogen functional groups attached to an aromatic ring is 1. The molecule has 0 radical (unpaired) electrons. The number of ether oxygens (including phenoxy) is 1. The number of nitrogens with two attached hydrogens (primary N) is 1. The second-order valence-corrected chi connectivity index (χ2v) is 5.73. The van der Waals surface area contributed by atoms with Crippen molar-refractivity contribution in [2.45, 2.75) is 32.7 Å². The highest BCUT2D eigenvalue weighted by Crippen LogP contribution is 2.26. The first-order valence-electron chi connectivity index (χ1n) is 6.64. The molecule has 0 fully saturated rings. The molecule has 0 saturated heterocycles. The molecule has 0 spiro atoms. The molecule has 0 bridgehead atoms. The van der Waals surface area contributed by atoms with Crippen LogP contribution in [0.3, 0.4) is 0 Å². The highest BCUT2D eigenvalue weighted by Gasteiger charge is 2.29. The van der Waals surface area contributed by atoms with E-state index in [1.807, 2.05) is 20.8 Å². The first-order chi connectivity index (χ1) is 9.66. The number of hydrogen-bond acceptors (Lipinski definition) is 4. The summed E-state index contributed by atoms with van der Waals surface area (Å²) in [6, 6.07) is 4.79. The fourth-order valence-corrected chi connectivity index (χ4v) is 1.98. The average molecular weight is 294 g/mol. The van der Waals surface area contributed by atoms with Crippen LogP contribution >= 0.6 is 0 Å². The summed E-state index contributed by atoms with van der Waals surface area (Å²) in [7, 11) is 1.46. The lowest BCUT2D eigenvalue weighted by Crippen LogP contribution is -2.46. The lowest BCUT2D eigenvalue weighted by Gasteiger charge is -2.35. The first kappa shape index (κ1) is 16.8. The van der Waals surface area contributed by atoms with Gasteiger partial charge >= 0.3 is 5.97 Å². The fourth-order valence-electron chi connectivity index (χ4n) is 1.98. The summed E-state index contributed by atoms with van der Waals surface area (Å²) in [4.78, 5) is 25.0. The number of nitrogens with zero attached hydrogens (tertiary/aromatic N) is 1. The molecule has 6 nitrogen and oxygen atoms in total. The summed E-state index contributed by atoms with van der Waals surface area (Å²) in [5.41, 5.74) is 6.04. The summed E-state index contributed by atoms with van der Waals surface area (Å²) < 4.78 is 5.19. The van der Waals surface area contributed by atoms with E-state index in [4.69, 9.17) is 15.6 Å². The molecule has 0 aromatic heterocycles. The molecule has 6 heteroatoms. The third-order valence-electron chi connectivity index (χ3n) is 3.06. The highest BCUT2D eigenvalue weighted by molar-refractivity contribution is 5.98. The van der Waals surface area contributed by atoms with Gasteiger partial charge in [-0.1, -0.05) is 0 Å². The predicted molar refractivity (Wildman–Crippen MR) is 80.4 cm³/mol. The van der Waals surface area contributed by atoms with E-state index in [1.165, 1.54) is 12.0 Å². The maximum atomic E-state index is 12.7. The van der Waals surface area contributed by atoms with E-state index in [-0.39, 0.29) is 18.9 Å². The lowest BCUT2D eigenvalue weighted by atomic mass is 10.0. The largest absolute Gasteiger partial charge is 0.496 e. The molecule has 0 unspecified atom stereocenters. The molecular weight excluding hydrogens is 272 g/mol. The summed E-state index contributed by atoms with van der Waals surface area (Å²) in [6.07, 6.45) is -0.111. The standard InChI is InChI=1S/C15H22N2O4/c1-15(2,3)17(8-7-13(18)19)14(20)11-6-5-10(16)9-12(11)21-4/h5-6,9H,7-8,16H2,1-4H3,(H,18,19). The smallest absolute Gasteiger partial charge is 0.305 e. The van der Waals surface area contributed by atoms with Crippen LogP contribution in [-0.2, 0) is 4.79 Å². The third kappa shape index (κ3) is 4.37. The van der Waals surface area contributed by atoms with Crippen LogP contribution in [0.1, 0.15) is 37.6 Å². The Morgan fingerprint density at radius 1 is 1.33 bits per heavy atom. The SMILES string of the molecule is COc1cc(N)ccc1C(=O)N(CCC(=O)O)C(C)(C)C. The van der Waals surface area contributed by atoms with Crippen LogP contribution in [0.15, 0.2) is 18.2 Å².